The Morgan fingerprint density at radius 3 is 2.63 bits per heavy atom. The highest BCUT2D eigenvalue weighted by Crippen LogP contribution is 2.34. The Morgan fingerprint density at radius 2 is 1.91 bits per heavy atom. The van der Waals surface area contributed by atoms with Gasteiger partial charge in [-0.1, -0.05) is 36.8 Å². The molecule has 2 heterocycles. The summed E-state index contributed by atoms with van der Waals surface area (Å²) in [6.07, 6.45) is 1.26. The van der Waals surface area contributed by atoms with Crippen LogP contribution < -0.4 is 4.74 Å². The average Bonchev–Trinajstić information content (AvgIpc) is 3.32. The largest absolute Gasteiger partial charge is 0.488 e. The number of amides is 1. The smallest absolute Gasteiger partial charge is 0.243 e. The summed E-state index contributed by atoms with van der Waals surface area (Å²) >= 11 is 1.62. The van der Waals surface area contributed by atoms with Crippen LogP contribution in [-0.4, -0.2) is 49.8 Å². The molecule has 0 unspecified atom stereocenters. The topological polar surface area (TPSA) is 66.9 Å². The van der Waals surface area contributed by atoms with Gasteiger partial charge in [0.2, 0.25) is 15.9 Å². The Bertz CT molecular complexity index is 1270. The standard InChI is InChI=1S/C26H29FN2O4S2/c1-3-14-28(35(31,32)20-10-8-19(2)9-11-20)17-26(30)29-15-12-25-21(13-16-34-25)23(29)18-33-24-7-5-4-6-22(24)27/h4-11,13,16,23H,3,12,14-15,17-18H2,1-2H3/t23-/m0/s1. The van der Waals surface area contributed by atoms with Crippen molar-refractivity contribution in [3.8, 4) is 5.75 Å². The zero-order valence-corrected chi connectivity index (χ0v) is 21.4. The fourth-order valence-electron chi connectivity index (χ4n) is 4.24. The van der Waals surface area contributed by atoms with E-state index >= 15 is 0 Å². The number of nitrogens with zero attached hydrogens (tertiary/aromatic N) is 2. The number of para-hydroxylation sites is 1. The molecule has 3 aromatic rings. The molecule has 35 heavy (non-hydrogen) atoms. The molecule has 0 saturated carbocycles. The lowest BCUT2D eigenvalue weighted by molar-refractivity contribution is -0.135. The first-order chi connectivity index (χ1) is 16.8. The van der Waals surface area contributed by atoms with Crippen molar-refractivity contribution in [2.45, 2.75) is 37.6 Å². The number of fused-ring (bicyclic) bond motifs is 1. The predicted molar refractivity (Wildman–Crippen MR) is 135 cm³/mol. The number of carbonyl (C=O) groups is 1. The van der Waals surface area contributed by atoms with Crippen LogP contribution >= 0.6 is 11.3 Å². The molecular weight excluding hydrogens is 487 g/mol. The minimum absolute atomic E-state index is 0.0783. The molecule has 0 fully saturated rings. The quantitative estimate of drug-likeness (QED) is 0.410. The van der Waals surface area contributed by atoms with Gasteiger partial charge in [-0.3, -0.25) is 4.79 Å². The van der Waals surface area contributed by atoms with E-state index in [1.54, 1.807) is 58.7 Å². The summed E-state index contributed by atoms with van der Waals surface area (Å²) in [7, 11) is -3.83. The molecule has 0 saturated heterocycles. The monoisotopic (exact) mass is 516 g/mol. The van der Waals surface area contributed by atoms with Crippen LogP contribution in [0.25, 0.3) is 0 Å². The molecule has 1 atom stereocenters. The summed E-state index contributed by atoms with van der Waals surface area (Å²) in [5.41, 5.74) is 1.93. The zero-order chi connectivity index (χ0) is 25.0. The van der Waals surface area contributed by atoms with E-state index in [4.69, 9.17) is 4.74 Å². The van der Waals surface area contributed by atoms with Crippen molar-refractivity contribution in [2.75, 3.05) is 26.2 Å². The van der Waals surface area contributed by atoms with E-state index in [-0.39, 0.29) is 36.2 Å². The average molecular weight is 517 g/mol. The first-order valence-corrected chi connectivity index (χ1v) is 13.9. The Kier molecular flexibility index (Phi) is 7.88. The molecule has 4 rings (SSSR count). The van der Waals surface area contributed by atoms with Gasteiger partial charge in [0.15, 0.2) is 11.6 Å². The summed E-state index contributed by atoms with van der Waals surface area (Å²) in [5.74, 6) is -0.644. The molecule has 0 bridgehead atoms. The number of halogens is 1. The van der Waals surface area contributed by atoms with E-state index in [9.17, 15) is 17.6 Å². The first-order valence-electron chi connectivity index (χ1n) is 11.6. The number of sulfonamides is 1. The third-order valence-electron chi connectivity index (χ3n) is 6.09. The lowest BCUT2D eigenvalue weighted by Gasteiger charge is -2.37. The van der Waals surface area contributed by atoms with E-state index < -0.39 is 21.9 Å². The highest BCUT2D eigenvalue weighted by molar-refractivity contribution is 7.89. The molecule has 6 nitrogen and oxygen atoms in total. The molecule has 0 radical (unpaired) electrons. The van der Waals surface area contributed by atoms with E-state index in [2.05, 4.69) is 0 Å². The van der Waals surface area contributed by atoms with Gasteiger partial charge in [-0.15, -0.1) is 11.3 Å². The van der Waals surface area contributed by atoms with Gasteiger partial charge in [0.25, 0.3) is 0 Å². The molecule has 2 aromatic carbocycles. The van der Waals surface area contributed by atoms with Crippen LogP contribution in [0.4, 0.5) is 4.39 Å². The van der Waals surface area contributed by atoms with Crippen LogP contribution in [0.1, 0.15) is 35.4 Å². The second-order valence-corrected chi connectivity index (χ2v) is 11.5. The van der Waals surface area contributed by atoms with Crippen molar-refractivity contribution in [2.24, 2.45) is 0 Å². The maximum Gasteiger partial charge on any atom is 0.243 e. The highest BCUT2D eigenvalue weighted by atomic mass is 32.2. The van der Waals surface area contributed by atoms with Gasteiger partial charge in [-0.25, -0.2) is 12.8 Å². The van der Waals surface area contributed by atoms with Gasteiger partial charge in [0, 0.05) is 18.0 Å². The minimum atomic E-state index is -3.83. The number of thiophene rings is 1. The molecule has 0 N–H and O–H groups in total. The molecule has 186 valence electrons. The Morgan fingerprint density at radius 1 is 1.17 bits per heavy atom. The first kappa shape index (κ1) is 25.3. The van der Waals surface area contributed by atoms with Crippen LogP contribution in [0, 0.1) is 12.7 Å². The number of carbonyl (C=O) groups excluding carboxylic acids is 1. The number of ether oxygens (including phenoxy) is 1. The number of benzene rings is 2. The summed E-state index contributed by atoms with van der Waals surface area (Å²) < 4.78 is 47.8. The van der Waals surface area contributed by atoms with Crippen molar-refractivity contribution in [3.63, 3.8) is 0 Å². The van der Waals surface area contributed by atoms with Crippen molar-refractivity contribution in [3.05, 3.63) is 81.8 Å². The molecule has 1 amide bonds. The number of rotatable bonds is 9. The number of aryl methyl sites for hydroxylation is 1. The number of hydrogen-bond donors (Lipinski definition) is 0. The van der Waals surface area contributed by atoms with E-state index in [1.807, 2.05) is 25.3 Å². The van der Waals surface area contributed by atoms with E-state index in [0.29, 0.717) is 19.4 Å². The van der Waals surface area contributed by atoms with Crippen LogP contribution in [0.5, 0.6) is 5.75 Å². The normalized spacial score (nSPS) is 15.8. The molecule has 9 heteroatoms. The van der Waals surface area contributed by atoms with Gasteiger partial charge < -0.3 is 9.64 Å². The number of hydrogen-bond acceptors (Lipinski definition) is 5. The Labute approximate surface area is 210 Å². The third kappa shape index (κ3) is 5.58. The van der Waals surface area contributed by atoms with Crippen LogP contribution in [-0.2, 0) is 21.2 Å². The van der Waals surface area contributed by atoms with Crippen molar-refractivity contribution in [1.29, 1.82) is 0 Å². The maximum atomic E-state index is 14.1. The lowest BCUT2D eigenvalue weighted by Crippen LogP contribution is -2.48. The van der Waals surface area contributed by atoms with E-state index in [1.165, 1.54) is 10.4 Å². The fourth-order valence-corrected chi connectivity index (χ4v) is 6.65. The van der Waals surface area contributed by atoms with Crippen molar-refractivity contribution >= 4 is 27.3 Å². The second kappa shape index (κ2) is 10.9. The van der Waals surface area contributed by atoms with Crippen LogP contribution in [0.3, 0.4) is 0 Å². The predicted octanol–water partition coefficient (Wildman–Crippen LogP) is 4.80. The SMILES string of the molecule is CCCN(CC(=O)N1CCc2sccc2[C@@H]1COc1ccccc1F)S(=O)(=O)c1ccc(C)cc1. The van der Waals surface area contributed by atoms with Gasteiger partial charge in [0.05, 0.1) is 17.5 Å². The summed E-state index contributed by atoms with van der Waals surface area (Å²) in [6, 6.07) is 14.3. The van der Waals surface area contributed by atoms with Gasteiger partial charge in [0.1, 0.15) is 6.61 Å². The van der Waals surface area contributed by atoms with Crippen LogP contribution in [0.15, 0.2) is 64.9 Å². The fraction of sp³-hybridized carbons (Fsp3) is 0.346. The maximum absolute atomic E-state index is 14.1. The Hall–Kier alpha value is -2.75. The molecule has 1 aliphatic rings. The summed E-state index contributed by atoms with van der Waals surface area (Å²) in [6.45, 7) is 4.26. The van der Waals surface area contributed by atoms with Gasteiger partial charge >= 0.3 is 0 Å². The third-order valence-corrected chi connectivity index (χ3v) is 8.95. The Balaban J connectivity index is 1.56. The van der Waals surface area contributed by atoms with Crippen molar-refractivity contribution in [1.82, 2.24) is 9.21 Å². The van der Waals surface area contributed by atoms with Gasteiger partial charge in [-0.05, 0) is 61.0 Å². The molecule has 1 aromatic heterocycles. The highest BCUT2D eigenvalue weighted by Gasteiger charge is 2.35. The molecular formula is C26H29FN2O4S2. The second-order valence-electron chi connectivity index (χ2n) is 8.55. The molecule has 1 aliphatic heterocycles. The van der Waals surface area contributed by atoms with E-state index in [0.717, 1.165) is 16.0 Å². The zero-order valence-electron chi connectivity index (χ0n) is 19.8. The van der Waals surface area contributed by atoms with Gasteiger partial charge in [-0.2, -0.15) is 4.31 Å². The molecule has 0 aliphatic carbocycles. The van der Waals surface area contributed by atoms with Crippen LogP contribution in [0.2, 0.25) is 0 Å². The minimum Gasteiger partial charge on any atom is -0.488 e. The molecule has 0 spiro atoms. The summed E-state index contributed by atoms with van der Waals surface area (Å²) in [5, 5.41) is 1.97. The van der Waals surface area contributed by atoms with Crippen molar-refractivity contribution < 1.29 is 22.3 Å². The lowest BCUT2D eigenvalue weighted by atomic mass is 10.0. The summed E-state index contributed by atoms with van der Waals surface area (Å²) in [4.78, 5) is 16.5.